The van der Waals surface area contributed by atoms with Gasteiger partial charge in [0, 0.05) is 5.56 Å². The highest BCUT2D eigenvalue weighted by molar-refractivity contribution is 6.15. The van der Waals surface area contributed by atoms with Crippen molar-refractivity contribution in [1.82, 2.24) is 0 Å². The molecule has 1 aliphatic rings. The molecule has 0 spiro atoms. The average Bonchev–Trinajstić information content (AvgIpc) is 2.91. The van der Waals surface area contributed by atoms with Crippen molar-refractivity contribution in [3.63, 3.8) is 0 Å². The van der Waals surface area contributed by atoms with Gasteiger partial charge in [-0.3, -0.25) is 9.59 Å². The van der Waals surface area contributed by atoms with Crippen LogP contribution in [0.25, 0.3) is 6.08 Å². The first kappa shape index (κ1) is 18.9. The van der Waals surface area contributed by atoms with E-state index in [2.05, 4.69) is 32.9 Å². The lowest BCUT2D eigenvalue weighted by molar-refractivity contribution is -0.118. The summed E-state index contributed by atoms with van der Waals surface area (Å²) in [5, 5.41) is 0. The SMILES string of the molecule is CC(=O)COc1ccc2c(c1C)O/C(=C\c1ccc(C(C)(C)C)cc1)C2=O. The molecule has 1 heterocycles. The van der Waals surface area contributed by atoms with E-state index in [1.54, 1.807) is 18.2 Å². The van der Waals surface area contributed by atoms with E-state index in [4.69, 9.17) is 9.47 Å². The molecular weight excluding hydrogens is 340 g/mol. The van der Waals surface area contributed by atoms with Gasteiger partial charge < -0.3 is 9.47 Å². The van der Waals surface area contributed by atoms with E-state index in [1.807, 2.05) is 19.1 Å². The Morgan fingerprint density at radius 1 is 1.11 bits per heavy atom. The van der Waals surface area contributed by atoms with Crippen LogP contribution in [0.2, 0.25) is 0 Å². The summed E-state index contributed by atoms with van der Waals surface area (Å²) in [6, 6.07) is 11.5. The van der Waals surface area contributed by atoms with Crippen LogP contribution in [0.4, 0.5) is 0 Å². The first-order chi connectivity index (χ1) is 12.7. The Balaban J connectivity index is 1.87. The highest BCUT2D eigenvalue weighted by Crippen LogP contribution is 2.39. The lowest BCUT2D eigenvalue weighted by atomic mass is 9.86. The molecule has 0 bridgehead atoms. The second-order valence-corrected chi connectivity index (χ2v) is 7.87. The maximum atomic E-state index is 12.7. The number of benzene rings is 2. The number of ether oxygens (including phenoxy) is 2. The molecule has 4 heteroatoms. The Kier molecular flexibility index (Phi) is 4.92. The standard InChI is InChI=1S/C23H24O4/c1-14(24)13-26-19-11-10-18-21(25)20(27-22(18)15(19)2)12-16-6-8-17(9-7-16)23(3,4)5/h6-12H,13H2,1-5H3/b20-12-. The van der Waals surface area contributed by atoms with Gasteiger partial charge in [-0.05, 0) is 48.6 Å². The number of hydrogen-bond donors (Lipinski definition) is 0. The van der Waals surface area contributed by atoms with Crippen LogP contribution in [0, 0.1) is 6.92 Å². The third-order valence-corrected chi connectivity index (χ3v) is 4.54. The van der Waals surface area contributed by atoms with Crippen LogP contribution in [-0.2, 0) is 10.2 Å². The van der Waals surface area contributed by atoms with Crippen LogP contribution in [0.3, 0.4) is 0 Å². The summed E-state index contributed by atoms with van der Waals surface area (Å²) in [7, 11) is 0. The van der Waals surface area contributed by atoms with Crippen molar-refractivity contribution in [1.29, 1.82) is 0 Å². The van der Waals surface area contributed by atoms with Gasteiger partial charge in [0.15, 0.2) is 11.5 Å². The van der Waals surface area contributed by atoms with E-state index >= 15 is 0 Å². The largest absolute Gasteiger partial charge is 0.485 e. The molecule has 3 rings (SSSR count). The van der Waals surface area contributed by atoms with Crippen molar-refractivity contribution in [2.75, 3.05) is 6.61 Å². The summed E-state index contributed by atoms with van der Waals surface area (Å²) < 4.78 is 11.3. The Labute approximate surface area is 159 Å². The number of ketones is 2. The van der Waals surface area contributed by atoms with Gasteiger partial charge in [0.2, 0.25) is 5.78 Å². The van der Waals surface area contributed by atoms with Crippen LogP contribution in [0.1, 0.15) is 54.7 Å². The second kappa shape index (κ2) is 7.03. The second-order valence-electron chi connectivity index (χ2n) is 7.87. The zero-order valence-corrected chi connectivity index (χ0v) is 16.4. The highest BCUT2D eigenvalue weighted by Gasteiger charge is 2.30. The molecule has 0 saturated carbocycles. The number of allylic oxidation sites excluding steroid dienone is 1. The molecule has 0 aromatic heterocycles. The van der Waals surface area contributed by atoms with Crippen molar-refractivity contribution in [2.24, 2.45) is 0 Å². The van der Waals surface area contributed by atoms with Crippen LogP contribution < -0.4 is 9.47 Å². The van der Waals surface area contributed by atoms with E-state index in [0.717, 1.165) is 5.56 Å². The first-order valence-electron chi connectivity index (χ1n) is 8.97. The number of carbonyl (C=O) groups excluding carboxylic acids is 2. The van der Waals surface area contributed by atoms with Crippen LogP contribution >= 0.6 is 0 Å². The quantitative estimate of drug-likeness (QED) is 0.726. The van der Waals surface area contributed by atoms with Gasteiger partial charge in [-0.1, -0.05) is 45.0 Å². The topological polar surface area (TPSA) is 52.6 Å². The molecular formula is C23H24O4. The molecule has 1 aliphatic heterocycles. The smallest absolute Gasteiger partial charge is 0.231 e. The molecule has 0 saturated heterocycles. The van der Waals surface area contributed by atoms with Gasteiger partial charge in [0.05, 0.1) is 5.56 Å². The summed E-state index contributed by atoms with van der Waals surface area (Å²) in [6.07, 6.45) is 1.75. The molecule has 0 atom stereocenters. The highest BCUT2D eigenvalue weighted by atomic mass is 16.5. The first-order valence-corrected chi connectivity index (χ1v) is 8.97. The van der Waals surface area contributed by atoms with Crippen LogP contribution in [0.15, 0.2) is 42.2 Å². The molecule has 2 aromatic rings. The lowest BCUT2D eigenvalue weighted by Crippen LogP contribution is -2.10. The third-order valence-electron chi connectivity index (χ3n) is 4.54. The van der Waals surface area contributed by atoms with Crippen LogP contribution in [-0.4, -0.2) is 18.2 Å². The van der Waals surface area contributed by atoms with E-state index in [0.29, 0.717) is 28.4 Å². The summed E-state index contributed by atoms with van der Waals surface area (Å²) in [5.74, 6) is 1.13. The molecule has 0 aliphatic carbocycles. The van der Waals surface area contributed by atoms with E-state index in [-0.39, 0.29) is 23.6 Å². The summed E-state index contributed by atoms with van der Waals surface area (Å²) >= 11 is 0. The monoisotopic (exact) mass is 364 g/mol. The average molecular weight is 364 g/mol. The Bertz CT molecular complexity index is 928. The molecule has 0 N–H and O–H groups in total. The van der Waals surface area contributed by atoms with E-state index in [1.165, 1.54) is 12.5 Å². The number of fused-ring (bicyclic) bond motifs is 1. The molecule has 4 nitrogen and oxygen atoms in total. The molecule has 0 fully saturated rings. The number of carbonyl (C=O) groups is 2. The van der Waals surface area contributed by atoms with E-state index < -0.39 is 0 Å². The van der Waals surface area contributed by atoms with Gasteiger partial charge in [-0.2, -0.15) is 0 Å². The molecule has 0 unspecified atom stereocenters. The summed E-state index contributed by atoms with van der Waals surface area (Å²) in [6.45, 7) is 9.77. The van der Waals surface area contributed by atoms with Crippen molar-refractivity contribution in [3.05, 3.63) is 64.4 Å². The Morgan fingerprint density at radius 3 is 2.37 bits per heavy atom. The predicted octanol–water partition coefficient (Wildman–Crippen LogP) is 4.88. The number of Topliss-reactive ketones (excluding diaryl/α,β-unsaturated/α-hetero) is 2. The molecule has 0 amide bonds. The van der Waals surface area contributed by atoms with Gasteiger partial charge >= 0.3 is 0 Å². The van der Waals surface area contributed by atoms with Crippen molar-refractivity contribution >= 4 is 17.6 Å². The number of rotatable bonds is 4. The van der Waals surface area contributed by atoms with Gasteiger partial charge in [0.25, 0.3) is 0 Å². The van der Waals surface area contributed by atoms with Crippen molar-refractivity contribution in [3.8, 4) is 11.5 Å². The maximum absolute atomic E-state index is 12.7. The van der Waals surface area contributed by atoms with Gasteiger partial charge in [-0.15, -0.1) is 0 Å². The molecule has 2 aromatic carbocycles. The maximum Gasteiger partial charge on any atom is 0.231 e. The summed E-state index contributed by atoms with van der Waals surface area (Å²) in [4.78, 5) is 23.8. The van der Waals surface area contributed by atoms with Crippen molar-refractivity contribution < 1.29 is 19.1 Å². The predicted molar refractivity (Wildman–Crippen MR) is 105 cm³/mol. The van der Waals surface area contributed by atoms with Gasteiger partial charge in [0.1, 0.15) is 18.1 Å². The minimum atomic E-state index is -0.147. The molecule has 27 heavy (non-hydrogen) atoms. The normalized spacial score (nSPS) is 14.9. The zero-order valence-electron chi connectivity index (χ0n) is 16.4. The summed E-state index contributed by atoms with van der Waals surface area (Å²) in [5.41, 5.74) is 3.45. The fraction of sp³-hybridized carbons (Fsp3) is 0.304. The lowest BCUT2D eigenvalue weighted by Gasteiger charge is -2.18. The van der Waals surface area contributed by atoms with Crippen LogP contribution in [0.5, 0.6) is 11.5 Å². The molecule has 0 radical (unpaired) electrons. The minimum Gasteiger partial charge on any atom is -0.485 e. The Morgan fingerprint density at radius 2 is 1.78 bits per heavy atom. The minimum absolute atomic E-state index is 0.00358. The third kappa shape index (κ3) is 3.95. The fourth-order valence-electron chi connectivity index (χ4n) is 2.93. The number of hydrogen-bond acceptors (Lipinski definition) is 4. The fourth-order valence-corrected chi connectivity index (χ4v) is 2.93. The van der Waals surface area contributed by atoms with E-state index in [9.17, 15) is 9.59 Å². The van der Waals surface area contributed by atoms with Crippen molar-refractivity contribution in [2.45, 2.75) is 40.0 Å². The zero-order chi connectivity index (χ0) is 19.8. The Hall–Kier alpha value is -2.88. The molecule has 140 valence electrons. The van der Waals surface area contributed by atoms with Gasteiger partial charge in [-0.25, -0.2) is 0 Å².